The normalized spacial score (nSPS) is 10.5. The first-order valence-electron chi connectivity index (χ1n) is 12.1. The molecule has 5 rings (SSSR count). The summed E-state index contributed by atoms with van der Waals surface area (Å²) in [5.74, 6) is -0.635. The molecule has 0 aromatic heterocycles. The summed E-state index contributed by atoms with van der Waals surface area (Å²) in [6.45, 7) is 0. The van der Waals surface area contributed by atoms with Crippen molar-refractivity contribution < 1.29 is 9.72 Å². The summed E-state index contributed by atoms with van der Waals surface area (Å²) in [6.07, 6.45) is 2.19. The van der Waals surface area contributed by atoms with Crippen LogP contribution in [-0.2, 0) is 0 Å². The minimum Gasteiger partial charge on any atom is -0.366 e. The van der Waals surface area contributed by atoms with Crippen LogP contribution in [0.1, 0.15) is 27.0 Å². The molecule has 0 aliphatic rings. The van der Waals surface area contributed by atoms with Crippen molar-refractivity contribution in [1.29, 1.82) is 0 Å². The highest BCUT2D eigenvalue weighted by molar-refractivity contribution is 6.00. The first kappa shape index (κ1) is 24.4. The number of carbonyl (C=O) groups is 1. The van der Waals surface area contributed by atoms with Gasteiger partial charge in [0.05, 0.1) is 4.92 Å². The van der Waals surface area contributed by atoms with Crippen LogP contribution in [0.3, 0.4) is 0 Å². The molecule has 5 nitrogen and oxygen atoms in total. The number of primary amides is 1. The maximum absolute atomic E-state index is 12.0. The molecular weight excluding hydrogens is 472 g/mol. The number of hydrogen-bond acceptors (Lipinski definition) is 3. The number of nitrogens with zero attached hydrogens (tertiary/aromatic N) is 1. The van der Waals surface area contributed by atoms with Crippen molar-refractivity contribution in [2.75, 3.05) is 0 Å². The maximum atomic E-state index is 12.0. The van der Waals surface area contributed by atoms with E-state index in [9.17, 15) is 14.9 Å². The molecule has 2 N–H and O–H groups in total. The standard InChI is InChI=1S/C33H24N2O3/c34-33(36)30-20-19-28(35(37)38)22-32(30)26-17-15-25(16-18-26)29-14-8-7-13-27(29)21-31(23-9-3-1-4-10-23)24-11-5-2-6-12-24/h1-22H,(H2,34,36). The summed E-state index contributed by atoms with van der Waals surface area (Å²) in [5.41, 5.74) is 13.2. The molecule has 38 heavy (non-hydrogen) atoms. The van der Waals surface area contributed by atoms with Crippen molar-refractivity contribution in [3.63, 3.8) is 0 Å². The van der Waals surface area contributed by atoms with Gasteiger partial charge in [0, 0.05) is 23.3 Å². The summed E-state index contributed by atoms with van der Waals surface area (Å²) in [4.78, 5) is 22.8. The second-order valence-corrected chi connectivity index (χ2v) is 8.81. The Kier molecular flexibility index (Phi) is 6.91. The molecule has 5 aromatic rings. The van der Waals surface area contributed by atoms with Crippen LogP contribution in [0.4, 0.5) is 5.69 Å². The first-order chi connectivity index (χ1) is 18.5. The van der Waals surface area contributed by atoms with Gasteiger partial charge in [0.2, 0.25) is 5.91 Å². The van der Waals surface area contributed by atoms with Gasteiger partial charge in [-0.15, -0.1) is 0 Å². The number of non-ortho nitro benzene ring substituents is 1. The highest BCUT2D eigenvalue weighted by Crippen LogP contribution is 2.33. The van der Waals surface area contributed by atoms with Gasteiger partial charge in [0.15, 0.2) is 0 Å². The maximum Gasteiger partial charge on any atom is 0.270 e. The van der Waals surface area contributed by atoms with Gasteiger partial charge in [-0.1, -0.05) is 109 Å². The Hall–Kier alpha value is -5.29. The molecule has 0 saturated carbocycles. The van der Waals surface area contributed by atoms with Crippen molar-refractivity contribution in [3.05, 3.63) is 160 Å². The van der Waals surface area contributed by atoms with Crippen LogP contribution in [0.15, 0.2) is 127 Å². The summed E-state index contributed by atoms with van der Waals surface area (Å²) in [7, 11) is 0. The fourth-order valence-electron chi connectivity index (χ4n) is 4.54. The third-order valence-corrected chi connectivity index (χ3v) is 6.42. The van der Waals surface area contributed by atoms with Crippen LogP contribution in [0.2, 0.25) is 0 Å². The lowest BCUT2D eigenvalue weighted by molar-refractivity contribution is -0.384. The van der Waals surface area contributed by atoms with E-state index in [1.807, 2.05) is 72.8 Å². The number of benzene rings is 5. The second-order valence-electron chi connectivity index (χ2n) is 8.81. The SMILES string of the molecule is NC(=O)c1ccc([N+](=O)[O-])cc1-c1ccc(-c2ccccc2C=C(c2ccccc2)c2ccccc2)cc1. The van der Waals surface area contributed by atoms with Crippen molar-refractivity contribution in [3.8, 4) is 22.3 Å². The average molecular weight is 497 g/mol. The number of nitro benzene ring substituents is 1. The lowest BCUT2D eigenvalue weighted by atomic mass is 9.91. The quantitative estimate of drug-likeness (QED) is 0.143. The van der Waals surface area contributed by atoms with Crippen molar-refractivity contribution >= 4 is 23.2 Å². The van der Waals surface area contributed by atoms with Crippen LogP contribution in [0.5, 0.6) is 0 Å². The van der Waals surface area contributed by atoms with Gasteiger partial charge in [0.1, 0.15) is 0 Å². The Morgan fingerprint density at radius 3 is 1.74 bits per heavy atom. The van der Waals surface area contributed by atoms with Gasteiger partial charge in [-0.05, 0) is 51.1 Å². The number of hydrogen-bond donors (Lipinski definition) is 1. The molecule has 5 aromatic carbocycles. The third kappa shape index (κ3) is 5.13. The minimum atomic E-state index is -0.635. The van der Waals surface area contributed by atoms with E-state index in [0.29, 0.717) is 11.1 Å². The lowest BCUT2D eigenvalue weighted by Crippen LogP contribution is -2.12. The number of amides is 1. The van der Waals surface area contributed by atoms with Crippen LogP contribution in [0, 0.1) is 10.1 Å². The minimum absolute atomic E-state index is 0.0982. The summed E-state index contributed by atoms with van der Waals surface area (Å²) < 4.78 is 0. The number of carbonyl (C=O) groups excluding carboxylic acids is 1. The molecule has 0 fully saturated rings. The molecular formula is C33H24N2O3. The largest absolute Gasteiger partial charge is 0.366 e. The van der Waals surface area contributed by atoms with Crippen LogP contribution in [-0.4, -0.2) is 10.8 Å². The molecule has 0 saturated heterocycles. The Labute approximate surface area is 220 Å². The van der Waals surface area contributed by atoms with E-state index in [1.54, 1.807) is 0 Å². The van der Waals surface area contributed by atoms with Crippen molar-refractivity contribution in [2.45, 2.75) is 0 Å². The Morgan fingerprint density at radius 2 is 1.18 bits per heavy atom. The van der Waals surface area contributed by atoms with Gasteiger partial charge in [-0.25, -0.2) is 0 Å². The van der Waals surface area contributed by atoms with Gasteiger partial charge >= 0.3 is 0 Å². The van der Waals surface area contributed by atoms with E-state index in [1.165, 1.54) is 18.2 Å². The van der Waals surface area contributed by atoms with E-state index in [4.69, 9.17) is 5.73 Å². The highest BCUT2D eigenvalue weighted by atomic mass is 16.6. The predicted molar refractivity (Wildman–Crippen MR) is 152 cm³/mol. The van der Waals surface area contributed by atoms with E-state index in [0.717, 1.165) is 33.4 Å². The molecule has 0 atom stereocenters. The smallest absolute Gasteiger partial charge is 0.270 e. The molecule has 5 heteroatoms. The van der Waals surface area contributed by atoms with E-state index >= 15 is 0 Å². The van der Waals surface area contributed by atoms with Gasteiger partial charge in [-0.2, -0.15) is 0 Å². The molecule has 184 valence electrons. The Morgan fingerprint density at radius 1 is 0.658 bits per heavy atom. The number of nitrogens with two attached hydrogens (primary N) is 1. The molecule has 0 aliphatic carbocycles. The van der Waals surface area contributed by atoms with Crippen LogP contribution < -0.4 is 5.73 Å². The molecule has 0 radical (unpaired) electrons. The number of nitro groups is 1. The van der Waals surface area contributed by atoms with Gasteiger partial charge in [-0.3, -0.25) is 14.9 Å². The average Bonchev–Trinajstić information content (AvgIpc) is 2.96. The zero-order valence-corrected chi connectivity index (χ0v) is 20.5. The Bertz CT molecular complexity index is 1600. The van der Waals surface area contributed by atoms with E-state index in [2.05, 4.69) is 42.5 Å². The molecule has 0 unspecified atom stereocenters. The monoisotopic (exact) mass is 496 g/mol. The molecule has 0 spiro atoms. The topological polar surface area (TPSA) is 86.2 Å². The molecule has 0 aliphatic heterocycles. The van der Waals surface area contributed by atoms with Crippen molar-refractivity contribution in [1.82, 2.24) is 0 Å². The first-order valence-corrected chi connectivity index (χ1v) is 12.1. The number of rotatable bonds is 7. The van der Waals surface area contributed by atoms with E-state index in [-0.39, 0.29) is 11.3 Å². The predicted octanol–water partition coefficient (Wildman–Crippen LogP) is 7.62. The summed E-state index contributed by atoms with van der Waals surface area (Å²) in [6, 6.07) is 40.4. The summed E-state index contributed by atoms with van der Waals surface area (Å²) in [5, 5.41) is 11.3. The lowest BCUT2D eigenvalue weighted by Gasteiger charge is -2.13. The fourth-order valence-corrected chi connectivity index (χ4v) is 4.54. The molecule has 0 heterocycles. The van der Waals surface area contributed by atoms with Crippen LogP contribution >= 0.6 is 0 Å². The molecule has 1 amide bonds. The van der Waals surface area contributed by atoms with Crippen LogP contribution in [0.25, 0.3) is 33.9 Å². The van der Waals surface area contributed by atoms with Crippen molar-refractivity contribution in [2.24, 2.45) is 5.73 Å². The Balaban J connectivity index is 1.59. The van der Waals surface area contributed by atoms with Gasteiger partial charge < -0.3 is 5.73 Å². The van der Waals surface area contributed by atoms with Gasteiger partial charge in [0.25, 0.3) is 5.69 Å². The zero-order valence-electron chi connectivity index (χ0n) is 20.5. The molecule has 0 bridgehead atoms. The zero-order chi connectivity index (χ0) is 26.5. The third-order valence-electron chi connectivity index (χ3n) is 6.42. The fraction of sp³-hybridized carbons (Fsp3) is 0. The summed E-state index contributed by atoms with van der Waals surface area (Å²) >= 11 is 0. The highest BCUT2D eigenvalue weighted by Gasteiger charge is 2.16. The van der Waals surface area contributed by atoms with E-state index < -0.39 is 10.8 Å². The second kappa shape index (κ2) is 10.8.